The van der Waals surface area contributed by atoms with Crippen molar-refractivity contribution in [3.05, 3.63) is 47.7 Å². The van der Waals surface area contributed by atoms with Crippen LogP contribution in [0.5, 0.6) is 0 Å². The van der Waals surface area contributed by atoms with Crippen LogP contribution in [0.4, 0.5) is 22.0 Å². The molecular weight excluding hydrogens is 474 g/mol. The van der Waals surface area contributed by atoms with Gasteiger partial charge in [0.2, 0.25) is 5.91 Å². The maximum absolute atomic E-state index is 13.2. The van der Waals surface area contributed by atoms with E-state index in [1.54, 1.807) is 50.8 Å². The largest absolute Gasteiger partial charge is 0.444 e. The summed E-state index contributed by atoms with van der Waals surface area (Å²) in [5.74, 6) is -0.995. The summed E-state index contributed by atoms with van der Waals surface area (Å²) in [4.78, 5) is 55.3. The normalized spacial score (nSPS) is 17.5. The molecule has 4 amide bonds. The quantitative estimate of drug-likeness (QED) is 0.515. The average molecular weight is 510 g/mol. The average Bonchev–Trinajstić information content (AvgIpc) is 2.79. The van der Waals surface area contributed by atoms with E-state index >= 15 is 0 Å². The third-order valence-electron chi connectivity index (χ3n) is 5.84. The fourth-order valence-electron chi connectivity index (χ4n) is 4.20. The van der Waals surface area contributed by atoms with Crippen molar-refractivity contribution in [1.29, 1.82) is 0 Å². The highest BCUT2D eigenvalue weighted by Gasteiger charge is 2.34. The van der Waals surface area contributed by atoms with E-state index in [1.807, 2.05) is 12.1 Å². The van der Waals surface area contributed by atoms with Crippen LogP contribution in [0.25, 0.3) is 0 Å². The minimum atomic E-state index is -0.761. The third-order valence-corrected chi connectivity index (χ3v) is 5.84. The van der Waals surface area contributed by atoms with Gasteiger partial charge in [-0.15, -0.1) is 0 Å². The molecule has 10 nitrogen and oxygen atoms in total. The minimum absolute atomic E-state index is 0.161. The van der Waals surface area contributed by atoms with Crippen LogP contribution < -0.4 is 16.0 Å². The SMILES string of the molecule is CC(=O)Nc1ccc([C@H]2CC[C@H](C)CN2C(=O)C(=O)Nc2cnc(NC(=O)OC(C)(C)C)c(C)c2)cc1. The maximum Gasteiger partial charge on any atom is 0.413 e. The van der Waals surface area contributed by atoms with E-state index in [4.69, 9.17) is 4.74 Å². The number of hydrogen-bond acceptors (Lipinski definition) is 6. The van der Waals surface area contributed by atoms with Gasteiger partial charge in [0, 0.05) is 19.2 Å². The Balaban J connectivity index is 1.70. The molecule has 0 radical (unpaired) electrons. The van der Waals surface area contributed by atoms with Gasteiger partial charge in [-0.1, -0.05) is 19.1 Å². The molecule has 1 saturated heterocycles. The Morgan fingerprint density at radius 2 is 1.68 bits per heavy atom. The number of hydrogen-bond donors (Lipinski definition) is 3. The van der Waals surface area contributed by atoms with Crippen LogP contribution in [-0.2, 0) is 19.1 Å². The summed E-state index contributed by atoms with van der Waals surface area (Å²) in [6, 6.07) is 8.70. The molecule has 1 fully saturated rings. The Bertz CT molecular complexity index is 1170. The predicted octanol–water partition coefficient (Wildman–Crippen LogP) is 4.63. The highest BCUT2D eigenvalue weighted by atomic mass is 16.6. The molecule has 2 aromatic rings. The van der Waals surface area contributed by atoms with Gasteiger partial charge in [-0.05, 0) is 75.8 Å². The summed E-state index contributed by atoms with van der Waals surface area (Å²) < 4.78 is 5.24. The van der Waals surface area contributed by atoms with E-state index in [0.29, 0.717) is 29.3 Å². The molecule has 1 aromatic heterocycles. The zero-order chi connectivity index (χ0) is 27.3. The first-order valence-electron chi connectivity index (χ1n) is 12.3. The first-order chi connectivity index (χ1) is 17.3. The van der Waals surface area contributed by atoms with Crippen molar-refractivity contribution in [2.24, 2.45) is 5.92 Å². The summed E-state index contributed by atoms with van der Waals surface area (Å²) in [5.41, 5.74) is 1.86. The number of rotatable bonds is 4. The van der Waals surface area contributed by atoms with Gasteiger partial charge in [-0.3, -0.25) is 19.7 Å². The fourth-order valence-corrected chi connectivity index (χ4v) is 4.20. The smallest absolute Gasteiger partial charge is 0.413 e. The summed E-state index contributed by atoms with van der Waals surface area (Å²) in [5, 5.41) is 7.94. The zero-order valence-electron chi connectivity index (χ0n) is 22.2. The second-order valence-electron chi connectivity index (χ2n) is 10.4. The second kappa shape index (κ2) is 11.4. The van der Waals surface area contributed by atoms with Crippen molar-refractivity contribution in [2.75, 3.05) is 22.5 Å². The standard InChI is InChI=1S/C27H35N5O5/c1-16-7-12-22(19-8-10-20(11-9-19)29-18(3)33)32(15-16)25(35)24(34)30-21-13-17(2)23(28-14-21)31-26(36)37-27(4,5)6/h8-11,13-14,16,22H,7,12,15H2,1-6H3,(H,29,33)(H,30,34)(H,28,31,36)/t16-,22+/m0/s1. The first-order valence-corrected chi connectivity index (χ1v) is 12.3. The Labute approximate surface area is 217 Å². The molecule has 2 heterocycles. The highest BCUT2D eigenvalue weighted by molar-refractivity contribution is 6.39. The van der Waals surface area contributed by atoms with Crippen molar-refractivity contribution < 1.29 is 23.9 Å². The number of aromatic nitrogens is 1. The lowest BCUT2D eigenvalue weighted by molar-refractivity contribution is -0.146. The topological polar surface area (TPSA) is 130 Å². The third kappa shape index (κ3) is 7.77. The number of nitrogens with one attached hydrogen (secondary N) is 3. The highest BCUT2D eigenvalue weighted by Crippen LogP contribution is 2.34. The number of piperidine rings is 1. The van der Waals surface area contributed by atoms with Crippen molar-refractivity contribution in [2.45, 2.75) is 66.0 Å². The number of pyridine rings is 1. The fraction of sp³-hybridized carbons (Fsp3) is 0.444. The number of amides is 4. The van der Waals surface area contributed by atoms with E-state index in [9.17, 15) is 19.2 Å². The Morgan fingerprint density at radius 1 is 1.00 bits per heavy atom. The van der Waals surface area contributed by atoms with Gasteiger partial charge in [-0.25, -0.2) is 9.78 Å². The Hall–Kier alpha value is -3.95. The number of anilines is 3. The van der Waals surface area contributed by atoms with E-state index in [-0.39, 0.29) is 17.9 Å². The second-order valence-corrected chi connectivity index (χ2v) is 10.4. The molecule has 0 spiro atoms. The van der Waals surface area contributed by atoms with Crippen molar-refractivity contribution in [3.8, 4) is 0 Å². The first kappa shape index (κ1) is 27.6. The van der Waals surface area contributed by atoms with Crippen LogP contribution in [0.2, 0.25) is 0 Å². The van der Waals surface area contributed by atoms with Crippen molar-refractivity contribution in [1.82, 2.24) is 9.88 Å². The van der Waals surface area contributed by atoms with Gasteiger partial charge < -0.3 is 20.3 Å². The number of carbonyl (C=O) groups is 4. The van der Waals surface area contributed by atoms with Crippen LogP contribution in [0.1, 0.15) is 64.6 Å². The van der Waals surface area contributed by atoms with Crippen LogP contribution >= 0.6 is 0 Å². The van der Waals surface area contributed by atoms with Crippen molar-refractivity contribution in [3.63, 3.8) is 0 Å². The van der Waals surface area contributed by atoms with Gasteiger partial charge in [0.15, 0.2) is 0 Å². The molecule has 1 aliphatic heterocycles. The van der Waals surface area contributed by atoms with Crippen LogP contribution in [0.3, 0.4) is 0 Å². The number of carbonyl (C=O) groups excluding carboxylic acids is 4. The zero-order valence-corrected chi connectivity index (χ0v) is 22.2. The molecule has 198 valence electrons. The molecule has 0 saturated carbocycles. The number of likely N-dealkylation sites (tertiary alicyclic amines) is 1. The van der Waals surface area contributed by atoms with Gasteiger partial charge in [0.25, 0.3) is 0 Å². The number of ether oxygens (including phenoxy) is 1. The van der Waals surface area contributed by atoms with E-state index < -0.39 is 23.5 Å². The molecule has 3 N–H and O–H groups in total. The summed E-state index contributed by atoms with van der Waals surface area (Å²) in [7, 11) is 0. The number of benzene rings is 1. The van der Waals surface area contributed by atoms with E-state index in [2.05, 4.69) is 27.9 Å². The van der Waals surface area contributed by atoms with Gasteiger partial charge >= 0.3 is 17.9 Å². The molecule has 1 aromatic carbocycles. The Kier molecular flexibility index (Phi) is 8.52. The minimum Gasteiger partial charge on any atom is -0.444 e. The van der Waals surface area contributed by atoms with E-state index in [0.717, 1.165) is 18.4 Å². The van der Waals surface area contributed by atoms with Crippen LogP contribution in [0, 0.1) is 12.8 Å². The molecule has 1 aliphatic rings. The summed E-state index contributed by atoms with van der Waals surface area (Å²) >= 11 is 0. The molecule has 37 heavy (non-hydrogen) atoms. The lowest BCUT2D eigenvalue weighted by Crippen LogP contribution is -2.46. The molecule has 10 heteroatoms. The monoisotopic (exact) mass is 509 g/mol. The lowest BCUT2D eigenvalue weighted by Gasteiger charge is -2.38. The molecule has 0 unspecified atom stereocenters. The molecule has 0 bridgehead atoms. The molecular formula is C27H35N5O5. The molecule has 0 aliphatic carbocycles. The van der Waals surface area contributed by atoms with Gasteiger partial charge in [-0.2, -0.15) is 0 Å². The van der Waals surface area contributed by atoms with Crippen LogP contribution in [0.15, 0.2) is 36.5 Å². The van der Waals surface area contributed by atoms with Gasteiger partial charge in [0.05, 0.1) is 17.9 Å². The van der Waals surface area contributed by atoms with Crippen molar-refractivity contribution >= 4 is 41.0 Å². The lowest BCUT2D eigenvalue weighted by atomic mass is 9.89. The summed E-state index contributed by atoms with van der Waals surface area (Å²) in [6.07, 6.45) is 2.40. The van der Waals surface area contributed by atoms with E-state index in [1.165, 1.54) is 13.1 Å². The number of aryl methyl sites for hydroxylation is 1. The summed E-state index contributed by atoms with van der Waals surface area (Å²) in [6.45, 7) is 11.0. The Morgan fingerprint density at radius 3 is 2.27 bits per heavy atom. The number of nitrogens with zero attached hydrogens (tertiary/aromatic N) is 2. The maximum atomic E-state index is 13.2. The molecule has 3 rings (SSSR count). The van der Waals surface area contributed by atoms with Gasteiger partial charge in [0.1, 0.15) is 11.4 Å². The predicted molar refractivity (Wildman–Crippen MR) is 141 cm³/mol. The van der Waals surface area contributed by atoms with Crippen LogP contribution in [-0.4, -0.2) is 45.8 Å². The molecule has 2 atom stereocenters.